The number of amidine groups is 2. The van der Waals surface area contributed by atoms with E-state index >= 15 is 0 Å². The summed E-state index contributed by atoms with van der Waals surface area (Å²) in [5.74, 6) is 2.19. The van der Waals surface area contributed by atoms with Gasteiger partial charge in [-0.25, -0.2) is 0 Å². The van der Waals surface area contributed by atoms with Crippen molar-refractivity contribution in [3.05, 3.63) is 53.6 Å². The number of benzene rings is 2. The molecular weight excluding hydrogens is 528 g/mol. The van der Waals surface area contributed by atoms with Gasteiger partial charge in [-0.2, -0.15) is 15.1 Å². The summed E-state index contributed by atoms with van der Waals surface area (Å²) in [6.07, 6.45) is 8.04. The number of unbranched alkanes of at least 4 members (excludes halogenated alkanes) is 3. The highest BCUT2D eigenvalue weighted by molar-refractivity contribution is 8.26. The zero-order valence-corrected chi connectivity index (χ0v) is 24.1. The number of methoxy groups -OCH3 is 1. The summed E-state index contributed by atoms with van der Waals surface area (Å²) in [6, 6.07) is 12.9. The Kier molecular flexibility index (Phi) is 10.6. The Morgan fingerprint density at radius 1 is 0.900 bits per heavy atom. The molecule has 2 aliphatic rings. The molecule has 10 heteroatoms. The van der Waals surface area contributed by atoms with Crippen molar-refractivity contribution in [1.29, 1.82) is 5.41 Å². The Labute approximate surface area is 239 Å². The number of hydrogen-bond acceptors (Lipinski definition) is 8. The molecule has 2 heterocycles. The molecule has 0 saturated heterocycles. The average molecular weight is 565 g/mol. The first-order valence-electron chi connectivity index (χ1n) is 13.7. The molecule has 0 bridgehead atoms. The third kappa shape index (κ3) is 7.65. The molecule has 0 spiro atoms. The zero-order chi connectivity index (χ0) is 28.3. The maximum atomic E-state index is 12.7. The van der Waals surface area contributed by atoms with Gasteiger partial charge >= 0.3 is 0 Å². The quantitative estimate of drug-likeness (QED) is 0.194. The first-order valence-corrected chi connectivity index (χ1v) is 14.5. The van der Waals surface area contributed by atoms with E-state index in [0.29, 0.717) is 35.4 Å². The van der Waals surface area contributed by atoms with Crippen LogP contribution in [0.5, 0.6) is 23.0 Å². The Hall–Kier alpha value is -3.79. The van der Waals surface area contributed by atoms with E-state index in [1.807, 2.05) is 24.3 Å². The first kappa shape index (κ1) is 29.2. The number of fused-ring (bicyclic) bond motifs is 1. The van der Waals surface area contributed by atoms with E-state index in [2.05, 4.69) is 23.9 Å². The number of ether oxygens (including phenoxy) is 4. The Morgan fingerprint density at radius 2 is 1.62 bits per heavy atom. The number of hydrogen-bond donors (Lipinski definition) is 1. The monoisotopic (exact) mass is 564 g/mol. The van der Waals surface area contributed by atoms with Crippen molar-refractivity contribution in [3.8, 4) is 23.0 Å². The second-order valence-corrected chi connectivity index (χ2v) is 10.3. The SMILES string of the molecule is CCCCCCOc1ccc(OCCOc2ccc(/C=C3/C(=N)N4N=C(CCC)SC4=NC3=O)cc2OC)cc1. The lowest BCUT2D eigenvalue weighted by Gasteiger charge is -2.20. The molecule has 212 valence electrons. The zero-order valence-electron chi connectivity index (χ0n) is 23.3. The Balaban J connectivity index is 1.30. The Morgan fingerprint density at radius 3 is 2.33 bits per heavy atom. The van der Waals surface area contributed by atoms with Crippen LogP contribution in [0.2, 0.25) is 0 Å². The smallest absolute Gasteiger partial charge is 0.283 e. The van der Waals surface area contributed by atoms with E-state index in [0.717, 1.165) is 42.4 Å². The van der Waals surface area contributed by atoms with E-state index in [9.17, 15) is 4.79 Å². The molecule has 0 aromatic heterocycles. The largest absolute Gasteiger partial charge is 0.494 e. The minimum Gasteiger partial charge on any atom is -0.494 e. The normalized spacial score (nSPS) is 15.6. The number of hydrazone groups is 1. The number of carbonyl (C=O) groups excluding carboxylic acids is 1. The maximum Gasteiger partial charge on any atom is 0.283 e. The van der Waals surface area contributed by atoms with Crippen molar-refractivity contribution in [2.24, 2.45) is 10.1 Å². The average Bonchev–Trinajstić information content (AvgIpc) is 3.37. The van der Waals surface area contributed by atoms with Crippen LogP contribution in [-0.2, 0) is 4.79 Å². The highest BCUT2D eigenvalue weighted by Crippen LogP contribution is 2.32. The van der Waals surface area contributed by atoms with Crippen LogP contribution in [0.3, 0.4) is 0 Å². The Bertz CT molecular complexity index is 1290. The van der Waals surface area contributed by atoms with Crippen molar-refractivity contribution in [3.63, 3.8) is 0 Å². The number of carbonyl (C=O) groups is 1. The second-order valence-electron chi connectivity index (χ2n) is 9.25. The lowest BCUT2D eigenvalue weighted by molar-refractivity contribution is -0.114. The van der Waals surface area contributed by atoms with E-state index in [1.165, 1.54) is 36.0 Å². The van der Waals surface area contributed by atoms with Crippen LogP contribution in [0.15, 0.2) is 58.1 Å². The number of aliphatic imine (C=N–C) groups is 1. The summed E-state index contributed by atoms with van der Waals surface area (Å²) in [5.41, 5.74) is 0.854. The molecule has 2 aromatic carbocycles. The minimum atomic E-state index is -0.459. The van der Waals surface area contributed by atoms with Crippen LogP contribution < -0.4 is 18.9 Å². The molecule has 0 fully saturated rings. The molecule has 0 atom stereocenters. The molecule has 4 rings (SSSR count). The van der Waals surface area contributed by atoms with Crippen LogP contribution >= 0.6 is 11.8 Å². The van der Waals surface area contributed by atoms with Gasteiger partial charge in [0.05, 0.1) is 19.3 Å². The number of nitrogens with one attached hydrogen (secondary N) is 1. The van der Waals surface area contributed by atoms with Gasteiger partial charge in [0.25, 0.3) is 5.91 Å². The van der Waals surface area contributed by atoms with Crippen molar-refractivity contribution >= 4 is 39.8 Å². The van der Waals surface area contributed by atoms with Crippen LogP contribution in [0.4, 0.5) is 0 Å². The molecule has 0 radical (unpaired) electrons. The van der Waals surface area contributed by atoms with Crippen molar-refractivity contribution < 1.29 is 23.7 Å². The number of thioether (sulfide) groups is 1. The third-order valence-electron chi connectivity index (χ3n) is 6.16. The highest BCUT2D eigenvalue weighted by atomic mass is 32.2. The molecule has 1 N–H and O–H groups in total. The molecule has 0 unspecified atom stereocenters. The van der Waals surface area contributed by atoms with Gasteiger partial charge in [0.1, 0.15) is 29.8 Å². The van der Waals surface area contributed by atoms with Gasteiger partial charge in [-0.05, 0) is 79.1 Å². The summed E-state index contributed by atoms with van der Waals surface area (Å²) in [6.45, 7) is 5.65. The van der Waals surface area contributed by atoms with Gasteiger partial charge in [0.2, 0.25) is 5.17 Å². The van der Waals surface area contributed by atoms with Gasteiger partial charge in [-0.15, -0.1) is 0 Å². The van der Waals surface area contributed by atoms with Crippen LogP contribution in [0.1, 0.15) is 57.9 Å². The maximum absolute atomic E-state index is 12.7. The van der Waals surface area contributed by atoms with Gasteiger partial charge in [-0.1, -0.05) is 39.2 Å². The van der Waals surface area contributed by atoms with Gasteiger partial charge in [0.15, 0.2) is 17.3 Å². The van der Waals surface area contributed by atoms with Crippen LogP contribution in [0, 0.1) is 5.41 Å². The molecule has 0 aliphatic carbocycles. The van der Waals surface area contributed by atoms with Crippen molar-refractivity contribution in [2.45, 2.75) is 52.4 Å². The van der Waals surface area contributed by atoms with Crippen molar-refractivity contribution in [1.82, 2.24) is 5.01 Å². The predicted octanol–water partition coefficient (Wildman–Crippen LogP) is 6.53. The molecule has 1 amide bonds. The fourth-order valence-electron chi connectivity index (χ4n) is 4.07. The molecule has 2 aromatic rings. The van der Waals surface area contributed by atoms with E-state index in [-0.39, 0.29) is 11.4 Å². The lowest BCUT2D eigenvalue weighted by Crippen LogP contribution is -2.35. The topological polar surface area (TPSA) is 106 Å². The summed E-state index contributed by atoms with van der Waals surface area (Å²) < 4.78 is 23.0. The molecule has 40 heavy (non-hydrogen) atoms. The molecule has 2 aliphatic heterocycles. The number of amides is 1. The lowest BCUT2D eigenvalue weighted by atomic mass is 10.1. The van der Waals surface area contributed by atoms with Gasteiger partial charge < -0.3 is 18.9 Å². The summed E-state index contributed by atoms with van der Waals surface area (Å²) >= 11 is 1.34. The first-order chi connectivity index (χ1) is 19.5. The fourth-order valence-corrected chi connectivity index (χ4v) is 5.06. The van der Waals surface area contributed by atoms with Crippen LogP contribution in [-0.4, -0.2) is 53.9 Å². The number of nitrogens with zero attached hydrogens (tertiary/aromatic N) is 3. The minimum absolute atomic E-state index is 0.0108. The summed E-state index contributed by atoms with van der Waals surface area (Å²) in [7, 11) is 1.55. The third-order valence-corrected chi connectivity index (χ3v) is 7.13. The summed E-state index contributed by atoms with van der Waals surface area (Å²) in [4.78, 5) is 16.8. The van der Waals surface area contributed by atoms with Gasteiger partial charge in [-0.3, -0.25) is 10.2 Å². The molecular formula is C30H36N4O5S. The molecule has 9 nitrogen and oxygen atoms in total. The number of rotatable bonds is 15. The van der Waals surface area contributed by atoms with Gasteiger partial charge in [0, 0.05) is 0 Å². The fraction of sp³-hybridized carbons (Fsp3) is 0.400. The molecule has 0 saturated carbocycles. The van der Waals surface area contributed by atoms with E-state index in [1.54, 1.807) is 31.4 Å². The standard InChI is InChI=1S/C30H36N4O5S/c1-4-6-7-8-16-37-22-11-13-23(14-12-22)38-17-18-39-25-15-10-21(20-26(25)36-3)19-24-28(31)34-30(32-29(24)35)40-27(33-34)9-5-2/h10-15,19-20,31H,4-9,16-18H2,1-3H3/b24-19-,31-28?. The van der Waals surface area contributed by atoms with Crippen molar-refractivity contribution in [2.75, 3.05) is 26.9 Å². The van der Waals surface area contributed by atoms with E-state index in [4.69, 9.17) is 24.4 Å². The predicted molar refractivity (Wildman–Crippen MR) is 160 cm³/mol. The second kappa shape index (κ2) is 14.6. The summed E-state index contributed by atoms with van der Waals surface area (Å²) in [5, 5.41) is 15.7. The van der Waals surface area contributed by atoms with E-state index < -0.39 is 5.91 Å². The van der Waals surface area contributed by atoms with Crippen LogP contribution in [0.25, 0.3) is 6.08 Å². The highest BCUT2D eigenvalue weighted by Gasteiger charge is 2.35.